The smallest absolute Gasteiger partial charge is 0.315 e. The minimum atomic E-state index is -0.773. The van der Waals surface area contributed by atoms with Gasteiger partial charge in [-0.2, -0.15) is 11.3 Å². The zero-order chi connectivity index (χ0) is 16.8. The third-order valence-corrected chi connectivity index (χ3v) is 4.10. The quantitative estimate of drug-likeness (QED) is 0.758. The number of urea groups is 1. The van der Waals surface area contributed by atoms with E-state index in [0.717, 1.165) is 5.56 Å². The Bertz CT molecular complexity index is 649. The van der Waals surface area contributed by atoms with Gasteiger partial charge in [0.05, 0.1) is 24.8 Å². The molecule has 2 amide bonds. The molecule has 0 fully saturated rings. The van der Waals surface area contributed by atoms with Crippen molar-refractivity contribution in [1.29, 1.82) is 0 Å². The number of aliphatic hydroxyl groups is 1. The van der Waals surface area contributed by atoms with Crippen LogP contribution in [-0.2, 0) is 0 Å². The Morgan fingerprint density at radius 3 is 2.87 bits per heavy atom. The standard InChI is InChI=1S/C16H19FN2O3S/c1-10(15-12(17)4-3-5-14(15)22-2)19-16(21)18-8-13(20)11-6-7-23-9-11/h3-7,9-10,13,20H,8H2,1-2H3,(H2,18,19,21). The summed E-state index contributed by atoms with van der Waals surface area (Å²) in [6.07, 6.45) is -0.773. The van der Waals surface area contributed by atoms with Crippen molar-refractivity contribution in [3.63, 3.8) is 0 Å². The molecule has 0 radical (unpaired) electrons. The molecule has 2 rings (SSSR count). The summed E-state index contributed by atoms with van der Waals surface area (Å²) in [5, 5.41) is 18.8. The predicted molar refractivity (Wildman–Crippen MR) is 87.2 cm³/mol. The number of nitrogens with one attached hydrogen (secondary N) is 2. The molecule has 0 saturated heterocycles. The number of methoxy groups -OCH3 is 1. The topological polar surface area (TPSA) is 70.6 Å². The van der Waals surface area contributed by atoms with Crippen molar-refractivity contribution < 1.29 is 19.0 Å². The first-order valence-corrected chi connectivity index (χ1v) is 8.04. The van der Waals surface area contributed by atoms with Gasteiger partial charge in [0.25, 0.3) is 0 Å². The minimum Gasteiger partial charge on any atom is -0.496 e. The van der Waals surface area contributed by atoms with Crippen molar-refractivity contribution in [3.8, 4) is 5.75 Å². The zero-order valence-electron chi connectivity index (χ0n) is 12.9. The number of carbonyl (C=O) groups is 1. The molecule has 0 aliphatic heterocycles. The van der Waals surface area contributed by atoms with E-state index in [-0.39, 0.29) is 12.1 Å². The largest absolute Gasteiger partial charge is 0.496 e. The summed E-state index contributed by atoms with van der Waals surface area (Å²) in [5.74, 6) is -0.0773. The molecule has 124 valence electrons. The van der Waals surface area contributed by atoms with Crippen LogP contribution in [0.4, 0.5) is 9.18 Å². The van der Waals surface area contributed by atoms with Gasteiger partial charge in [-0.3, -0.25) is 0 Å². The molecular formula is C16H19FN2O3S. The lowest BCUT2D eigenvalue weighted by molar-refractivity contribution is 0.173. The van der Waals surface area contributed by atoms with Gasteiger partial charge in [0, 0.05) is 6.54 Å². The number of thiophene rings is 1. The maximum atomic E-state index is 13.9. The molecule has 3 N–H and O–H groups in total. The average molecular weight is 338 g/mol. The summed E-state index contributed by atoms with van der Waals surface area (Å²) in [5.41, 5.74) is 1.03. The molecule has 1 aromatic carbocycles. The molecule has 0 saturated carbocycles. The summed E-state index contributed by atoms with van der Waals surface area (Å²) in [6.45, 7) is 1.74. The lowest BCUT2D eigenvalue weighted by atomic mass is 10.1. The molecule has 0 bridgehead atoms. The highest BCUT2D eigenvalue weighted by molar-refractivity contribution is 7.07. The molecule has 7 heteroatoms. The Hall–Kier alpha value is -2.12. The Labute approximate surface area is 138 Å². The highest BCUT2D eigenvalue weighted by Crippen LogP contribution is 2.27. The fraction of sp³-hybridized carbons (Fsp3) is 0.312. The van der Waals surface area contributed by atoms with Gasteiger partial charge in [0.15, 0.2) is 0 Å². The summed E-state index contributed by atoms with van der Waals surface area (Å²) in [4.78, 5) is 11.9. The molecule has 0 spiro atoms. The van der Waals surface area contributed by atoms with Gasteiger partial charge in [-0.05, 0) is 41.4 Å². The second-order valence-electron chi connectivity index (χ2n) is 5.00. The van der Waals surface area contributed by atoms with E-state index in [9.17, 15) is 14.3 Å². The van der Waals surface area contributed by atoms with Crippen LogP contribution in [0.25, 0.3) is 0 Å². The van der Waals surface area contributed by atoms with Gasteiger partial charge >= 0.3 is 6.03 Å². The Morgan fingerprint density at radius 1 is 1.43 bits per heavy atom. The second-order valence-corrected chi connectivity index (χ2v) is 5.78. The fourth-order valence-electron chi connectivity index (χ4n) is 2.21. The van der Waals surface area contributed by atoms with E-state index in [4.69, 9.17) is 4.74 Å². The van der Waals surface area contributed by atoms with Crippen LogP contribution in [0.1, 0.15) is 30.2 Å². The Kier molecular flexibility index (Phi) is 5.95. The third-order valence-electron chi connectivity index (χ3n) is 3.40. The van der Waals surface area contributed by atoms with Gasteiger partial charge < -0.3 is 20.5 Å². The van der Waals surface area contributed by atoms with Gasteiger partial charge in [-0.25, -0.2) is 9.18 Å². The fourth-order valence-corrected chi connectivity index (χ4v) is 2.91. The van der Waals surface area contributed by atoms with E-state index in [1.54, 1.807) is 25.1 Å². The molecular weight excluding hydrogens is 319 g/mol. The maximum absolute atomic E-state index is 13.9. The van der Waals surface area contributed by atoms with Crippen molar-refractivity contribution in [3.05, 3.63) is 52.0 Å². The molecule has 2 aromatic rings. The van der Waals surface area contributed by atoms with Crippen LogP contribution in [0.2, 0.25) is 0 Å². The number of amides is 2. The highest BCUT2D eigenvalue weighted by atomic mass is 32.1. The lowest BCUT2D eigenvalue weighted by Gasteiger charge is -2.19. The van der Waals surface area contributed by atoms with Gasteiger partial charge in [0.1, 0.15) is 11.6 Å². The van der Waals surface area contributed by atoms with E-state index in [0.29, 0.717) is 5.75 Å². The normalized spacial score (nSPS) is 13.2. The van der Waals surface area contributed by atoms with Crippen molar-refractivity contribution in [2.24, 2.45) is 0 Å². The third kappa shape index (κ3) is 4.43. The van der Waals surface area contributed by atoms with Gasteiger partial charge in [-0.15, -0.1) is 0 Å². The summed E-state index contributed by atoms with van der Waals surface area (Å²) >= 11 is 1.47. The molecule has 0 aliphatic carbocycles. The second kappa shape index (κ2) is 7.94. The van der Waals surface area contributed by atoms with Crippen molar-refractivity contribution in [2.75, 3.05) is 13.7 Å². The van der Waals surface area contributed by atoms with Crippen LogP contribution in [-0.4, -0.2) is 24.8 Å². The van der Waals surface area contributed by atoms with Crippen LogP contribution in [0.3, 0.4) is 0 Å². The van der Waals surface area contributed by atoms with Crippen LogP contribution in [0.15, 0.2) is 35.0 Å². The Morgan fingerprint density at radius 2 is 2.22 bits per heavy atom. The number of aliphatic hydroxyl groups excluding tert-OH is 1. The van der Waals surface area contributed by atoms with Crippen LogP contribution in [0, 0.1) is 5.82 Å². The van der Waals surface area contributed by atoms with Crippen molar-refractivity contribution in [1.82, 2.24) is 10.6 Å². The monoisotopic (exact) mass is 338 g/mol. The molecule has 23 heavy (non-hydrogen) atoms. The highest BCUT2D eigenvalue weighted by Gasteiger charge is 2.18. The molecule has 0 aliphatic rings. The SMILES string of the molecule is COc1cccc(F)c1C(C)NC(=O)NCC(O)c1ccsc1. The maximum Gasteiger partial charge on any atom is 0.315 e. The first kappa shape index (κ1) is 17.2. The van der Waals surface area contributed by atoms with Crippen LogP contribution >= 0.6 is 11.3 Å². The number of hydrogen-bond donors (Lipinski definition) is 3. The molecule has 5 nitrogen and oxygen atoms in total. The average Bonchev–Trinajstić information content (AvgIpc) is 3.06. The van der Waals surface area contributed by atoms with E-state index in [1.807, 2.05) is 10.8 Å². The molecule has 1 aromatic heterocycles. The predicted octanol–water partition coefficient (Wildman–Crippen LogP) is 2.99. The number of halogens is 1. The van der Waals surface area contributed by atoms with Gasteiger partial charge in [0.2, 0.25) is 0 Å². The van der Waals surface area contributed by atoms with Crippen LogP contribution in [0.5, 0.6) is 5.75 Å². The van der Waals surface area contributed by atoms with E-state index in [2.05, 4.69) is 10.6 Å². The number of ether oxygens (including phenoxy) is 1. The number of rotatable bonds is 6. The summed E-state index contributed by atoms with van der Waals surface area (Å²) in [6, 6.07) is 5.22. The Balaban J connectivity index is 1.92. The first-order chi connectivity index (χ1) is 11.0. The number of carbonyl (C=O) groups excluding carboxylic acids is 1. The van der Waals surface area contributed by atoms with Crippen molar-refractivity contribution >= 4 is 17.4 Å². The number of hydrogen-bond acceptors (Lipinski definition) is 4. The summed E-state index contributed by atoms with van der Waals surface area (Å²) < 4.78 is 19.1. The molecule has 2 atom stereocenters. The summed E-state index contributed by atoms with van der Waals surface area (Å²) in [7, 11) is 1.45. The minimum absolute atomic E-state index is 0.0731. The lowest BCUT2D eigenvalue weighted by Crippen LogP contribution is -2.39. The number of benzene rings is 1. The zero-order valence-corrected chi connectivity index (χ0v) is 13.7. The van der Waals surface area contributed by atoms with Crippen molar-refractivity contribution in [2.45, 2.75) is 19.1 Å². The van der Waals surface area contributed by atoms with E-state index in [1.165, 1.54) is 24.5 Å². The van der Waals surface area contributed by atoms with E-state index < -0.39 is 24.0 Å². The van der Waals surface area contributed by atoms with E-state index >= 15 is 0 Å². The van der Waals surface area contributed by atoms with Crippen LogP contribution < -0.4 is 15.4 Å². The molecule has 2 unspecified atom stereocenters. The van der Waals surface area contributed by atoms with Gasteiger partial charge in [-0.1, -0.05) is 6.07 Å². The molecule has 1 heterocycles. The first-order valence-electron chi connectivity index (χ1n) is 7.09.